The van der Waals surface area contributed by atoms with Gasteiger partial charge in [-0.3, -0.25) is 14.5 Å². The third-order valence-corrected chi connectivity index (χ3v) is 4.26. The molecule has 1 aliphatic rings. The minimum Gasteiger partial charge on any atom is -0.354 e. The van der Waals surface area contributed by atoms with Gasteiger partial charge in [-0.05, 0) is 18.6 Å². The van der Waals surface area contributed by atoms with Gasteiger partial charge in [-0.2, -0.15) is 0 Å². The van der Waals surface area contributed by atoms with Crippen LogP contribution in [0.25, 0.3) is 11.1 Å². The zero-order chi connectivity index (χ0) is 16.9. The molecule has 0 radical (unpaired) electrons. The van der Waals surface area contributed by atoms with E-state index >= 15 is 0 Å². The van der Waals surface area contributed by atoms with Gasteiger partial charge in [0, 0.05) is 24.3 Å². The fourth-order valence-corrected chi connectivity index (χ4v) is 2.85. The summed E-state index contributed by atoms with van der Waals surface area (Å²) in [4.78, 5) is 26.0. The van der Waals surface area contributed by atoms with Crippen LogP contribution in [0.2, 0.25) is 0 Å². The molecule has 124 valence electrons. The van der Waals surface area contributed by atoms with E-state index in [1.165, 1.54) is 0 Å². The summed E-state index contributed by atoms with van der Waals surface area (Å²) in [6.07, 6.45) is 0. The highest BCUT2D eigenvalue weighted by atomic mass is 16.2. The van der Waals surface area contributed by atoms with E-state index in [1.807, 2.05) is 66.4 Å². The summed E-state index contributed by atoms with van der Waals surface area (Å²) in [5, 5.41) is 5.78. The van der Waals surface area contributed by atoms with Crippen LogP contribution >= 0.6 is 0 Å². The highest BCUT2D eigenvalue weighted by Gasteiger charge is 2.26. The Labute approximate surface area is 141 Å². The van der Waals surface area contributed by atoms with Crippen LogP contribution < -0.4 is 10.6 Å². The van der Waals surface area contributed by atoms with E-state index in [2.05, 4.69) is 10.6 Å². The maximum atomic E-state index is 12.6. The van der Waals surface area contributed by atoms with Gasteiger partial charge in [0.25, 0.3) is 0 Å². The molecule has 2 amide bonds. The molecule has 5 heteroatoms. The van der Waals surface area contributed by atoms with Crippen molar-refractivity contribution in [3.05, 3.63) is 54.6 Å². The fraction of sp³-hybridized carbons (Fsp3) is 0.263. The van der Waals surface area contributed by atoms with Crippen molar-refractivity contribution in [3.8, 4) is 11.1 Å². The lowest BCUT2D eigenvalue weighted by Crippen LogP contribution is -2.53. The summed E-state index contributed by atoms with van der Waals surface area (Å²) in [6, 6.07) is 17.3. The number of amides is 2. The second-order valence-electron chi connectivity index (χ2n) is 5.90. The van der Waals surface area contributed by atoms with Crippen LogP contribution in [-0.4, -0.2) is 42.4 Å². The van der Waals surface area contributed by atoms with Gasteiger partial charge in [-0.15, -0.1) is 0 Å². The van der Waals surface area contributed by atoms with E-state index < -0.39 is 0 Å². The van der Waals surface area contributed by atoms with Crippen LogP contribution in [0.5, 0.6) is 0 Å². The van der Waals surface area contributed by atoms with Crippen LogP contribution in [0.4, 0.5) is 5.69 Å². The summed E-state index contributed by atoms with van der Waals surface area (Å²) in [5.74, 6) is -0.140. The first-order valence-electron chi connectivity index (χ1n) is 8.11. The van der Waals surface area contributed by atoms with Gasteiger partial charge in [0.1, 0.15) is 0 Å². The van der Waals surface area contributed by atoms with Crippen LogP contribution in [-0.2, 0) is 9.59 Å². The number of anilines is 1. The SMILES string of the molecule is CC(C(=O)Nc1ccccc1-c1ccccc1)N1CCNC(=O)C1. The number of hydrogen-bond acceptors (Lipinski definition) is 3. The van der Waals surface area contributed by atoms with Crippen molar-refractivity contribution in [3.63, 3.8) is 0 Å². The van der Waals surface area contributed by atoms with Gasteiger partial charge in [0.05, 0.1) is 12.6 Å². The van der Waals surface area contributed by atoms with Gasteiger partial charge >= 0.3 is 0 Å². The standard InChI is InChI=1S/C19H21N3O2/c1-14(22-12-11-20-18(23)13-22)19(24)21-17-10-6-5-9-16(17)15-7-3-2-4-8-15/h2-10,14H,11-13H2,1H3,(H,20,23)(H,21,24). The molecule has 0 aromatic heterocycles. The molecule has 0 saturated carbocycles. The predicted octanol–water partition coefficient (Wildman–Crippen LogP) is 2.11. The van der Waals surface area contributed by atoms with E-state index in [9.17, 15) is 9.59 Å². The number of hydrogen-bond donors (Lipinski definition) is 2. The van der Waals surface area contributed by atoms with E-state index in [0.29, 0.717) is 13.1 Å². The van der Waals surface area contributed by atoms with Gasteiger partial charge in [0.15, 0.2) is 0 Å². The molecular formula is C19H21N3O2. The molecule has 24 heavy (non-hydrogen) atoms. The summed E-state index contributed by atoms with van der Waals surface area (Å²) in [7, 11) is 0. The van der Waals surface area contributed by atoms with Crippen molar-refractivity contribution < 1.29 is 9.59 Å². The summed E-state index contributed by atoms with van der Waals surface area (Å²) >= 11 is 0. The molecule has 2 aromatic rings. The van der Waals surface area contributed by atoms with Crippen molar-refractivity contribution in [1.82, 2.24) is 10.2 Å². The van der Waals surface area contributed by atoms with Crippen LogP contribution in [0.1, 0.15) is 6.92 Å². The third kappa shape index (κ3) is 3.63. The molecule has 1 heterocycles. The lowest BCUT2D eigenvalue weighted by molar-refractivity contribution is -0.127. The number of benzene rings is 2. The molecule has 5 nitrogen and oxygen atoms in total. The number of nitrogens with one attached hydrogen (secondary N) is 2. The second-order valence-corrected chi connectivity index (χ2v) is 5.90. The lowest BCUT2D eigenvalue weighted by Gasteiger charge is -2.31. The van der Waals surface area contributed by atoms with Crippen molar-refractivity contribution in [2.24, 2.45) is 0 Å². The Hall–Kier alpha value is -2.66. The van der Waals surface area contributed by atoms with Crippen LogP contribution in [0.3, 0.4) is 0 Å². The van der Waals surface area contributed by atoms with E-state index in [-0.39, 0.29) is 24.4 Å². The molecule has 1 atom stereocenters. The molecule has 1 unspecified atom stereocenters. The molecule has 0 bridgehead atoms. The first kappa shape index (κ1) is 16.2. The molecule has 1 aliphatic heterocycles. The summed E-state index contributed by atoms with van der Waals surface area (Å²) in [6.45, 7) is 3.35. The fourth-order valence-electron chi connectivity index (χ4n) is 2.85. The molecule has 3 rings (SSSR count). The largest absolute Gasteiger partial charge is 0.354 e. The quantitative estimate of drug-likeness (QED) is 0.906. The maximum absolute atomic E-state index is 12.6. The Morgan fingerprint density at radius 1 is 1.12 bits per heavy atom. The first-order chi connectivity index (χ1) is 11.6. The summed E-state index contributed by atoms with van der Waals surface area (Å²) in [5.41, 5.74) is 2.82. The Kier molecular flexibility index (Phi) is 4.91. The van der Waals surface area contributed by atoms with E-state index in [0.717, 1.165) is 16.8 Å². The first-order valence-corrected chi connectivity index (χ1v) is 8.11. The smallest absolute Gasteiger partial charge is 0.241 e. The highest BCUT2D eigenvalue weighted by Crippen LogP contribution is 2.27. The average molecular weight is 323 g/mol. The number of para-hydroxylation sites is 1. The number of rotatable bonds is 4. The minimum atomic E-state index is -0.361. The number of carbonyl (C=O) groups is 2. The highest BCUT2D eigenvalue weighted by molar-refractivity contribution is 5.98. The molecule has 1 saturated heterocycles. The topological polar surface area (TPSA) is 61.4 Å². The van der Waals surface area contributed by atoms with Gasteiger partial charge in [-0.25, -0.2) is 0 Å². The predicted molar refractivity (Wildman–Crippen MR) is 94.6 cm³/mol. The van der Waals surface area contributed by atoms with E-state index in [4.69, 9.17) is 0 Å². The van der Waals surface area contributed by atoms with Gasteiger partial charge in [-0.1, -0.05) is 48.5 Å². The van der Waals surface area contributed by atoms with Crippen LogP contribution in [0.15, 0.2) is 54.6 Å². The van der Waals surface area contributed by atoms with Gasteiger partial charge < -0.3 is 10.6 Å². The maximum Gasteiger partial charge on any atom is 0.241 e. The van der Waals surface area contributed by atoms with Crippen molar-refractivity contribution in [2.45, 2.75) is 13.0 Å². The van der Waals surface area contributed by atoms with Crippen molar-refractivity contribution in [1.29, 1.82) is 0 Å². The Bertz CT molecular complexity index is 730. The van der Waals surface area contributed by atoms with E-state index in [1.54, 1.807) is 0 Å². The molecule has 0 aliphatic carbocycles. The number of carbonyl (C=O) groups excluding carboxylic acids is 2. The molecule has 0 spiro atoms. The third-order valence-electron chi connectivity index (χ3n) is 4.26. The zero-order valence-electron chi connectivity index (χ0n) is 13.7. The monoisotopic (exact) mass is 323 g/mol. The lowest BCUT2D eigenvalue weighted by atomic mass is 10.0. The Morgan fingerprint density at radius 2 is 1.83 bits per heavy atom. The van der Waals surface area contributed by atoms with Crippen molar-refractivity contribution in [2.75, 3.05) is 25.0 Å². The van der Waals surface area contributed by atoms with Gasteiger partial charge in [0.2, 0.25) is 11.8 Å². The normalized spacial score (nSPS) is 16.3. The number of piperazine rings is 1. The van der Waals surface area contributed by atoms with Crippen molar-refractivity contribution >= 4 is 17.5 Å². The molecular weight excluding hydrogens is 302 g/mol. The minimum absolute atomic E-state index is 0.0365. The summed E-state index contributed by atoms with van der Waals surface area (Å²) < 4.78 is 0. The number of nitrogens with zero attached hydrogens (tertiary/aromatic N) is 1. The molecule has 2 aromatic carbocycles. The average Bonchev–Trinajstić information content (AvgIpc) is 2.62. The molecule has 1 fully saturated rings. The Balaban J connectivity index is 1.76. The Morgan fingerprint density at radius 3 is 2.58 bits per heavy atom. The zero-order valence-corrected chi connectivity index (χ0v) is 13.7. The second kappa shape index (κ2) is 7.27. The van der Waals surface area contributed by atoms with Crippen LogP contribution in [0, 0.1) is 0 Å². The molecule has 2 N–H and O–H groups in total.